The van der Waals surface area contributed by atoms with E-state index < -0.39 is 10.8 Å². The molecule has 0 spiro atoms. The molecule has 0 aliphatic rings. The zero-order valence-electron chi connectivity index (χ0n) is 10.4. The first-order valence-electron chi connectivity index (χ1n) is 5.70. The number of nitrogens with one attached hydrogen (secondary N) is 1. The maximum Gasteiger partial charge on any atom is 0.269 e. The van der Waals surface area contributed by atoms with E-state index in [4.69, 9.17) is 5.73 Å². The lowest BCUT2D eigenvalue weighted by molar-refractivity contribution is -0.384. The summed E-state index contributed by atoms with van der Waals surface area (Å²) in [7, 11) is 0. The Bertz CT molecular complexity index is 448. The van der Waals surface area contributed by atoms with Crippen LogP contribution >= 0.6 is 0 Å². The Morgan fingerprint density at radius 3 is 2.72 bits per heavy atom. The van der Waals surface area contributed by atoms with Crippen molar-refractivity contribution in [2.24, 2.45) is 5.73 Å². The minimum Gasteiger partial charge on any atom is -0.352 e. The van der Waals surface area contributed by atoms with Crippen LogP contribution in [0.15, 0.2) is 24.3 Å². The van der Waals surface area contributed by atoms with Crippen LogP contribution in [0.25, 0.3) is 0 Å². The maximum atomic E-state index is 11.9. The molecule has 1 unspecified atom stereocenters. The fourth-order valence-electron chi connectivity index (χ4n) is 1.49. The van der Waals surface area contributed by atoms with E-state index in [9.17, 15) is 14.9 Å². The van der Waals surface area contributed by atoms with Crippen LogP contribution in [0.4, 0.5) is 5.69 Å². The van der Waals surface area contributed by atoms with Crippen molar-refractivity contribution in [2.45, 2.75) is 25.8 Å². The van der Waals surface area contributed by atoms with Gasteiger partial charge in [-0.05, 0) is 19.4 Å². The number of benzene rings is 1. The topological polar surface area (TPSA) is 98.3 Å². The molecule has 0 fully saturated rings. The predicted molar refractivity (Wildman–Crippen MR) is 68.2 cm³/mol. The lowest BCUT2D eigenvalue weighted by atomic mass is 9.99. The van der Waals surface area contributed by atoms with Gasteiger partial charge in [0.2, 0.25) is 5.91 Å². The van der Waals surface area contributed by atoms with Crippen LogP contribution in [0.3, 0.4) is 0 Å². The summed E-state index contributed by atoms with van der Waals surface area (Å²) in [6.07, 6.45) is 0. The average molecular weight is 251 g/mol. The van der Waals surface area contributed by atoms with Gasteiger partial charge in [0, 0.05) is 24.7 Å². The van der Waals surface area contributed by atoms with Crippen molar-refractivity contribution in [3.63, 3.8) is 0 Å². The first-order chi connectivity index (χ1) is 8.45. The number of nitro groups is 1. The minimum absolute atomic E-state index is 0.0148. The molecule has 0 saturated heterocycles. The van der Waals surface area contributed by atoms with Gasteiger partial charge in [-0.25, -0.2) is 0 Å². The van der Waals surface area contributed by atoms with Gasteiger partial charge in [-0.2, -0.15) is 0 Å². The Morgan fingerprint density at radius 2 is 2.17 bits per heavy atom. The third-order valence-electron chi connectivity index (χ3n) is 2.72. The SMILES string of the molecule is CC(C(=O)N[C@H](C)CN)c1cccc([N+](=O)[O-])c1. The Kier molecular flexibility index (Phi) is 4.79. The standard InChI is InChI=1S/C12H17N3O3/c1-8(7-13)14-12(16)9(2)10-4-3-5-11(6-10)15(17)18/h3-6,8-9H,7,13H2,1-2H3,(H,14,16)/t8-,9?/m1/s1. The molecule has 0 heterocycles. The van der Waals surface area contributed by atoms with Crippen molar-refractivity contribution in [2.75, 3.05) is 6.54 Å². The fourth-order valence-corrected chi connectivity index (χ4v) is 1.49. The number of non-ortho nitro benzene ring substituents is 1. The zero-order chi connectivity index (χ0) is 13.7. The van der Waals surface area contributed by atoms with E-state index in [0.29, 0.717) is 12.1 Å². The summed E-state index contributed by atoms with van der Waals surface area (Å²) in [6, 6.07) is 5.97. The van der Waals surface area contributed by atoms with Gasteiger partial charge < -0.3 is 11.1 Å². The number of carbonyl (C=O) groups excluding carboxylic acids is 1. The molecular weight excluding hydrogens is 234 g/mol. The molecule has 0 radical (unpaired) electrons. The van der Waals surface area contributed by atoms with E-state index in [1.807, 2.05) is 0 Å². The molecule has 6 nitrogen and oxygen atoms in total. The molecule has 2 atom stereocenters. The molecule has 1 aromatic rings. The second-order valence-corrected chi connectivity index (χ2v) is 4.22. The molecule has 0 saturated carbocycles. The van der Waals surface area contributed by atoms with Crippen LogP contribution in [-0.4, -0.2) is 23.4 Å². The van der Waals surface area contributed by atoms with E-state index in [1.54, 1.807) is 26.0 Å². The fraction of sp³-hybridized carbons (Fsp3) is 0.417. The summed E-state index contributed by atoms with van der Waals surface area (Å²) >= 11 is 0. The number of carbonyl (C=O) groups is 1. The van der Waals surface area contributed by atoms with Crippen molar-refractivity contribution in [1.82, 2.24) is 5.32 Å². The molecule has 1 rings (SSSR count). The van der Waals surface area contributed by atoms with Crippen LogP contribution in [0.5, 0.6) is 0 Å². The van der Waals surface area contributed by atoms with Crippen LogP contribution in [-0.2, 0) is 4.79 Å². The number of nitrogens with zero attached hydrogens (tertiary/aromatic N) is 1. The second-order valence-electron chi connectivity index (χ2n) is 4.22. The van der Waals surface area contributed by atoms with Gasteiger partial charge in [0.25, 0.3) is 5.69 Å². The van der Waals surface area contributed by atoms with E-state index in [0.717, 1.165) is 0 Å². The van der Waals surface area contributed by atoms with Crippen molar-refractivity contribution >= 4 is 11.6 Å². The molecule has 1 amide bonds. The van der Waals surface area contributed by atoms with Gasteiger partial charge in [0.15, 0.2) is 0 Å². The van der Waals surface area contributed by atoms with E-state index in [2.05, 4.69) is 5.32 Å². The largest absolute Gasteiger partial charge is 0.352 e. The molecule has 0 aliphatic heterocycles. The number of rotatable bonds is 5. The number of amides is 1. The van der Waals surface area contributed by atoms with Crippen LogP contribution in [0, 0.1) is 10.1 Å². The molecule has 18 heavy (non-hydrogen) atoms. The molecule has 3 N–H and O–H groups in total. The number of nitro benzene ring substituents is 1. The predicted octanol–water partition coefficient (Wildman–Crippen LogP) is 1.16. The summed E-state index contributed by atoms with van der Waals surface area (Å²) in [5.41, 5.74) is 6.02. The molecule has 98 valence electrons. The molecule has 1 aromatic carbocycles. The highest BCUT2D eigenvalue weighted by Crippen LogP contribution is 2.20. The van der Waals surface area contributed by atoms with Crippen molar-refractivity contribution in [3.05, 3.63) is 39.9 Å². The van der Waals surface area contributed by atoms with Gasteiger partial charge in [0.05, 0.1) is 10.8 Å². The molecule has 0 aromatic heterocycles. The van der Waals surface area contributed by atoms with Gasteiger partial charge in [-0.15, -0.1) is 0 Å². The Hall–Kier alpha value is -1.95. The normalized spacial score (nSPS) is 13.7. The molecular formula is C12H17N3O3. The highest BCUT2D eigenvalue weighted by molar-refractivity contribution is 5.83. The monoisotopic (exact) mass is 251 g/mol. The zero-order valence-corrected chi connectivity index (χ0v) is 10.4. The van der Waals surface area contributed by atoms with Crippen LogP contribution in [0.2, 0.25) is 0 Å². The van der Waals surface area contributed by atoms with Gasteiger partial charge in [-0.3, -0.25) is 14.9 Å². The first-order valence-corrected chi connectivity index (χ1v) is 5.70. The van der Waals surface area contributed by atoms with Crippen molar-refractivity contribution < 1.29 is 9.72 Å². The minimum atomic E-state index is -0.476. The third-order valence-corrected chi connectivity index (χ3v) is 2.72. The highest BCUT2D eigenvalue weighted by atomic mass is 16.6. The quantitative estimate of drug-likeness (QED) is 0.606. The summed E-state index contributed by atoms with van der Waals surface area (Å²) in [6.45, 7) is 3.86. The molecule has 0 aliphatic carbocycles. The number of hydrogen-bond donors (Lipinski definition) is 2. The number of hydrogen-bond acceptors (Lipinski definition) is 4. The van der Waals surface area contributed by atoms with Crippen LogP contribution in [0.1, 0.15) is 25.3 Å². The van der Waals surface area contributed by atoms with Gasteiger partial charge >= 0.3 is 0 Å². The van der Waals surface area contributed by atoms with Crippen molar-refractivity contribution in [1.29, 1.82) is 0 Å². The Labute approximate surface area is 105 Å². The first kappa shape index (κ1) is 14.1. The molecule has 0 bridgehead atoms. The highest BCUT2D eigenvalue weighted by Gasteiger charge is 2.18. The summed E-state index contributed by atoms with van der Waals surface area (Å²) in [4.78, 5) is 22.0. The molecule has 6 heteroatoms. The second kappa shape index (κ2) is 6.11. The lowest BCUT2D eigenvalue weighted by Crippen LogP contribution is -2.39. The summed E-state index contributed by atoms with van der Waals surface area (Å²) in [5.74, 6) is -0.632. The van der Waals surface area contributed by atoms with Gasteiger partial charge in [-0.1, -0.05) is 12.1 Å². The van der Waals surface area contributed by atoms with E-state index >= 15 is 0 Å². The Balaban J connectivity index is 2.83. The smallest absolute Gasteiger partial charge is 0.269 e. The summed E-state index contributed by atoms with van der Waals surface area (Å²) < 4.78 is 0. The van der Waals surface area contributed by atoms with Crippen molar-refractivity contribution in [3.8, 4) is 0 Å². The third kappa shape index (κ3) is 3.53. The van der Waals surface area contributed by atoms with Gasteiger partial charge in [0.1, 0.15) is 0 Å². The Morgan fingerprint density at radius 1 is 1.50 bits per heavy atom. The average Bonchev–Trinajstić information content (AvgIpc) is 2.37. The van der Waals surface area contributed by atoms with E-state index in [1.165, 1.54) is 12.1 Å². The lowest BCUT2D eigenvalue weighted by Gasteiger charge is -2.16. The van der Waals surface area contributed by atoms with E-state index in [-0.39, 0.29) is 17.6 Å². The number of nitrogens with two attached hydrogens (primary N) is 1. The van der Waals surface area contributed by atoms with Crippen LogP contribution < -0.4 is 11.1 Å². The summed E-state index contributed by atoms with van der Waals surface area (Å²) in [5, 5.41) is 13.4. The maximum absolute atomic E-state index is 11.9.